The minimum absolute atomic E-state index is 0.0414. The van der Waals surface area contributed by atoms with Gasteiger partial charge < -0.3 is 19.6 Å². The molecule has 0 saturated carbocycles. The van der Waals surface area contributed by atoms with Gasteiger partial charge in [0.2, 0.25) is 0 Å². The fourth-order valence-corrected chi connectivity index (χ4v) is 7.84. The lowest BCUT2D eigenvalue weighted by atomic mass is 9.84. The Balaban J connectivity index is 0.000000186. The Morgan fingerprint density at radius 2 is 1.35 bits per heavy atom. The number of halogens is 2. The molecule has 0 spiro atoms. The lowest BCUT2D eigenvalue weighted by molar-refractivity contribution is -0.0426. The average Bonchev–Trinajstić information content (AvgIpc) is 3.34. The molecule has 0 amide bonds. The van der Waals surface area contributed by atoms with Crippen molar-refractivity contribution in [1.29, 1.82) is 0 Å². The van der Waals surface area contributed by atoms with Crippen LogP contribution in [0.3, 0.4) is 0 Å². The molecule has 9 nitrogen and oxygen atoms in total. The number of rotatable bonds is 10. The number of benzene rings is 4. The topological polar surface area (TPSA) is 128 Å². The second-order valence-corrected chi connectivity index (χ2v) is 15.7. The van der Waals surface area contributed by atoms with Gasteiger partial charge in [0.25, 0.3) is 0 Å². The lowest BCUT2D eigenvalue weighted by Crippen LogP contribution is -2.43. The number of piperidine rings is 2. The maximum Gasteiger partial charge on any atom is 0.394 e. The Morgan fingerprint density at radius 1 is 0.852 bits per heavy atom. The van der Waals surface area contributed by atoms with Crippen LogP contribution in [0.15, 0.2) is 109 Å². The molecule has 7 rings (SSSR count). The van der Waals surface area contributed by atoms with Gasteiger partial charge in [-0.2, -0.15) is 8.42 Å². The summed E-state index contributed by atoms with van der Waals surface area (Å²) in [5.74, 6) is -0.289. The van der Waals surface area contributed by atoms with Crippen LogP contribution in [0.2, 0.25) is 5.02 Å². The normalized spacial score (nSPS) is 21.1. The molecule has 12 heteroatoms. The number of hydrogen-bond acceptors (Lipinski definition) is 7. The standard InChI is InChI=1S/C21H23ClFNO2.C21H25NO.H2O4S/c22-18-7-5-17(6-8-18)21(26)11-14-24(15-12-21)13-1-2-20(25)16-3-9-19(23)10-4-16;1-22-18-12-13-19(22)15-20(14-18)23-21(16-8-4-2-5-9-16)17-10-6-3-7-11-17;1-5(2,3)4/h3-10,26H,1-2,11-15H2;2-11,18-21H,12-15H2,1H3;(H2,1,2,3,4). The summed E-state index contributed by atoms with van der Waals surface area (Å²) in [4.78, 5) is 17.0. The Hall–Kier alpha value is -3.52. The van der Waals surface area contributed by atoms with E-state index in [9.17, 15) is 14.3 Å². The van der Waals surface area contributed by atoms with E-state index >= 15 is 0 Å². The number of fused-ring (bicyclic) bond motifs is 2. The van der Waals surface area contributed by atoms with Crippen LogP contribution in [0.25, 0.3) is 0 Å². The third-order valence-electron chi connectivity index (χ3n) is 10.7. The third-order valence-corrected chi connectivity index (χ3v) is 10.9. The molecular weight excluding hydrogens is 731 g/mol. The van der Waals surface area contributed by atoms with Crippen molar-refractivity contribution in [2.24, 2.45) is 0 Å². The van der Waals surface area contributed by atoms with Crippen LogP contribution in [0.4, 0.5) is 4.39 Å². The van der Waals surface area contributed by atoms with Crippen molar-refractivity contribution in [1.82, 2.24) is 9.80 Å². The third kappa shape index (κ3) is 12.5. The van der Waals surface area contributed by atoms with Gasteiger partial charge in [-0.1, -0.05) is 84.4 Å². The molecule has 2 unspecified atom stereocenters. The molecule has 0 aromatic heterocycles. The van der Waals surface area contributed by atoms with Gasteiger partial charge in [0.15, 0.2) is 5.78 Å². The molecule has 4 aromatic carbocycles. The molecule has 0 aliphatic carbocycles. The molecule has 2 bridgehead atoms. The molecule has 3 heterocycles. The van der Waals surface area contributed by atoms with Gasteiger partial charge in [0.1, 0.15) is 11.9 Å². The summed E-state index contributed by atoms with van der Waals surface area (Å²) in [6.07, 6.45) is 7.97. The fourth-order valence-electron chi connectivity index (χ4n) is 7.71. The number of ketones is 1. The predicted octanol–water partition coefficient (Wildman–Crippen LogP) is 8.19. The predicted molar refractivity (Wildman–Crippen MR) is 209 cm³/mol. The first kappa shape index (κ1) is 41.6. The molecule has 3 fully saturated rings. The summed E-state index contributed by atoms with van der Waals surface area (Å²) < 4.78 is 51.2. The molecule has 3 saturated heterocycles. The van der Waals surface area contributed by atoms with E-state index in [0.717, 1.165) is 31.6 Å². The number of carbonyl (C=O) groups is 1. The maximum absolute atomic E-state index is 12.9. The van der Waals surface area contributed by atoms with Crippen molar-refractivity contribution in [2.75, 3.05) is 26.7 Å². The van der Waals surface area contributed by atoms with Crippen molar-refractivity contribution in [3.8, 4) is 0 Å². The monoisotopic (exact) mass is 780 g/mol. The first-order valence-corrected chi connectivity index (χ1v) is 20.2. The van der Waals surface area contributed by atoms with Crippen LogP contribution in [0, 0.1) is 5.82 Å². The smallest absolute Gasteiger partial charge is 0.385 e. The van der Waals surface area contributed by atoms with E-state index in [-0.39, 0.29) is 17.7 Å². The zero-order valence-corrected chi connectivity index (χ0v) is 32.1. The van der Waals surface area contributed by atoms with E-state index in [4.69, 9.17) is 33.9 Å². The van der Waals surface area contributed by atoms with Gasteiger partial charge in [-0.05, 0) is 112 Å². The number of aliphatic hydroxyl groups is 1. The van der Waals surface area contributed by atoms with Crippen LogP contribution >= 0.6 is 11.6 Å². The molecule has 54 heavy (non-hydrogen) atoms. The molecule has 3 N–H and O–H groups in total. The molecular formula is C42H50ClFN2O7S. The highest BCUT2D eigenvalue weighted by Gasteiger charge is 2.40. The van der Waals surface area contributed by atoms with Crippen molar-refractivity contribution >= 4 is 27.8 Å². The maximum atomic E-state index is 12.9. The van der Waals surface area contributed by atoms with Crippen molar-refractivity contribution in [3.05, 3.63) is 142 Å². The first-order valence-electron chi connectivity index (χ1n) is 18.4. The summed E-state index contributed by atoms with van der Waals surface area (Å²) in [6.45, 7) is 2.41. The van der Waals surface area contributed by atoms with Crippen molar-refractivity contribution in [3.63, 3.8) is 0 Å². The van der Waals surface area contributed by atoms with Gasteiger partial charge in [0.05, 0.1) is 11.7 Å². The molecule has 0 radical (unpaired) electrons. The minimum atomic E-state index is -4.67. The second kappa shape index (κ2) is 19.4. The molecule has 2 atom stereocenters. The van der Waals surface area contributed by atoms with Crippen molar-refractivity contribution < 1.29 is 36.6 Å². The summed E-state index contributed by atoms with van der Waals surface area (Å²) in [5, 5.41) is 11.5. The van der Waals surface area contributed by atoms with E-state index in [1.807, 2.05) is 24.3 Å². The summed E-state index contributed by atoms with van der Waals surface area (Å²) in [7, 11) is -2.38. The van der Waals surface area contributed by atoms with Crippen LogP contribution in [0.1, 0.15) is 84.5 Å². The fraction of sp³-hybridized carbons (Fsp3) is 0.405. The van der Waals surface area contributed by atoms with E-state index in [1.165, 1.54) is 61.1 Å². The van der Waals surface area contributed by atoms with E-state index in [1.54, 1.807) is 0 Å². The molecule has 3 aliphatic heterocycles. The minimum Gasteiger partial charge on any atom is -0.385 e. The summed E-state index contributed by atoms with van der Waals surface area (Å²) in [6, 6.07) is 35.8. The largest absolute Gasteiger partial charge is 0.394 e. The van der Waals surface area contributed by atoms with Crippen LogP contribution in [-0.4, -0.2) is 83.1 Å². The number of hydrogen-bond donors (Lipinski definition) is 3. The van der Waals surface area contributed by atoms with Gasteiger partial charge in [-0.3, -0.25) is 13.9 Å². The summed E-state index contributed by atoms with van der Waals surface area (Å²) >= 11 is 5.92. The average molecular weight is 781 g/mol. The summed E-state index contributed by atoms with van der Waals surface area (Å²) in [5.41, 5.74) is 3.18. The number of nitrogens with zero attached hydrogens (tertiary/aromatic N) is 2. The number of carbonyl (C=O) groups excluding carboxylic acids is 1. The van der Waals surface area contributed by atoms with E-state index < -0.39 is 16.0 Å². The number of ether oxygens (including phenoxy) is 1. The lowest BCUT2D eigenvalue weighted by Gasteiger charge is -2.38. The van der Waals surface area contributed by atoms with Gasteiger partial charge >= 0.3 is 10.4 Å². The number of Topliss-reactive ketones (excluding diaryl/α,β-unsaturated/α-hetero) is 1. The highest BCUT2D eigenvalue weighted by Crippen LogP contribution is 2.39. The Morgan fingerprint density at radius 3 is 1.85 bits per heavy atom. The Bertz CT molecular complexity index is 1800. The SMILES string of the molecule is CN1C2CCC1CC(OC(c1ccccc1)c1ccccc1)C2.O=C(CCCN1CCC(O)(c2ccc(Cl)cc2)CC1)c1ccc(F)cc1.O=S(=O)(O)O. The van der Waals surface area contributed by atoms with Crippen LogP contribution in [-0.2, 0) is 20.7 Å². The van der Waals surface area contributed by atoms with Crippen LogP contribution < -0.4 is 0 Å². The zero-order chi connectivity index (χ0) is 38.7. The highest BCUT2D eigenvalue weighted by molar-refractivity contribution is 7.79. The van der Waals surface area contributed by atoms with Gasteiger partial charge in [0, 0.05) is 42.2 Å². The van der Waals surface area contributed by atoms with Crippen molar-refractivity contribution in [2.45, 2.75) is 81.3 Å². The van der Waals surface area contributed by atoms with E-state index in [2.05, 4.69) is 77.5 Å². The Labute approximate surface area is 323 Å². The van der Waals surface area contributed by atoms with Gasteiger partial charge in [-0.15, -0.1) is 0 Å². The second-order valence-electron chi connectivity index (χ2n) is 14.3. The molecule has 290 valence electrons. The van der Waals surface area contributed by atoms with Gasteiger partial charge in [-0.25, -0.2) is 4.39 Å². The first-order chi connectivity index (χ1) is 25.8. The van der Waals surface area contributed by atoms with Crippen LogP contribution in [0.5, 0.6) is 0 Å². The number of likely N-dealkylation sites (tertiary alicyclic amines) is 1. The molecule has 4 aromatic rings. The quantitative estimate of drug-likeness (QED) is 0.108. The van der Waals surface area contributed by atoms with E-state index in [0.29, 0.717) is 48.0 Å². The highest BCUT2D eigenvalue weighted by atomic mass is 35.5. The zero-order valence-electron chi connectivity index (χ0n) is 30.5. The Kier molecular flexibility index (Phi) is 14.9. The molecule has 3 aliphatic rings.